The molecule has 0 aliphatic rings. The fourth-order valence-corrected chi connectivity index (χ4v) is 1.61. The lowest BCUT2D eigenvalue weighted by atomic mass is 9.93. The number of aliphatic carboxylic acids is 1. The normalized spacial score (nSPS) is 13.7. The standard InChI is InChI=1S/C13H22O5/c1-5-12(10(3)17-8-13(15)16)6-9(2)7-18-11(4)14/h10,12H,2,5-8H2,1,3-4H3,(H,15,16). The van der Waals surface area contributed by atoms with E-state index in [-0.39, 0.29) is 31.2 Å². The van der Waals surface area contributed by atoms with E-state index >= 15 is 0 Å². The van der Waals surface area contributed by atoms with E-state index in [9.17, 15) is 9.59 Å². The Labute approximate surface area is 108 Å². The Morgan fingerprint density at radius 3 is 2.39 bits per heavy atom. The molecule has 104 valence electrons. The molecule has 0 spiro atoms. The van der Waals surface area contributed by atoms with Gasteiger partial charge in [-0.05, 0) is 24.8 Å². The highest BCUT2D eigenvalue weighted by atomic mass is 16.5. The van der Waals surface area contributed by atoms with Gasteiger partial charge in [0.1, 0.15) is 13.2 Å². The molecule has 0 saturated heterocycles. The Kier molecular flexibility index (Phi) is 8.03. The number of carboxylic acid groups (broad SMARTS) is 1. The SMILES string of the molecule is C=C(COC(C)=O)CC(CC)C(C)OCC(=O)O. The molecular formula is C13H22O5. The summed E-state index contributed by atoms with van der Waals surface area (Å²) in [6, 6.07) is 0. The largest absolute Gasteiger partial charge is 0.480 e. The first kappa shape index (κ1) is 16.6. The molecule has 0 rings (SSSR count). The number of carbonyl (C=O) groups excluding carboxylic acids is 1. The molecule has 0 heterocycles. The van der Waals surface area contributed by atoms with Gasteiger partial charge in [-0.15, -0.1) is 0 Å². The van der Waals surface area contributed by atoms with Crippen molar-refractivity contribution in [3.8, 4) is 0 Å². The van der Waals surface area contributed by atoms with Crippen molar-refractivity contribution in [3.05, 3.63) is 12.2 Å². The Balaban J connectivity index is 4.11. The van der Waals surface area contributed by atoms with Crippen LogP contribution in [0.25, 0.3) is 0 Å². The zero-order valence-electron chi connectivity index (χ0n) is 11.3. The first-order chi connectivity index (χ1) is 8.36. The maximum Gasteiger partial charge on any atom is 0.329 e. The van der Waals surface area contributed by atoms with Gasteiger partial charge in [0.15, 0.2) is 0 Å². The lowest BCUT2D eigenvalue weighted by Gasteiger charge is -2.23. The number of hydrogen-bond acceptors (Lipinski definition) is 4. The average Bonchev–Trinajstić information content (AvgIpc) is 2.30. The van der Waals surface area contributed by atoms with Crippen LogP contribution in [-0.2, 0) is 19.1 Å². The molecule has 0 fully saturated rings. The Morgan fingerprint density at radius 2 is 1.94 bits per heavy atom. The molecule has 5 nitrogen and oxygen atoms in total. The third kappa shape index (κ3) is 7.84. The Bertz CT molecular complexity index is 298. The smallest absolute Gasteiger partial charge is 0.329 e. The fourth-order valence-electron chi connectivity index (χ4n) is 1.61. The summed E-state index contributed by atoms with van der Waals surface area (Å²) in [5.41, 5.74) is 0.808. The van der Waals surface area contributed by atoms with Gasteiger partial charge < -0.3 is 14.6 Å². The summed E-state index contributed by atoms with van der Waals surface area (Å²) in [7, 11) is 0. The highest BCUT2D eigenvalue weighted by molar-refractivity contribution is 5.68. The van der Waals surface area contributed by atoms with Gasteiger partial charge in [-0.25, -0.2) is 4.79 Å². The van der Waals surface area contributed by atoms with E-state index in [0.717, 1.165) is 12.0 Å². The predicted octanol–water partition coefficient (Wildman–Crippen LogP) is 2.01. The molecule has 5 heteroatoms. The van der Waals surface area contributed by atoms with Crippen molar-refractivity contribution in [2.45, 2.75) is 39.7 Å². The molecule has 2 unspecified atom stereocenters. The van der Waals surface area contributed by atoms with Crippen LogP contribution < -0.4 is 0 Å². The molecule has 0 aliphatic heterocycles. The van der Waals surface area contributed by atoms with E-state index in [1.165, 1.54) is 6.92 Å². The van der Waals surface area contributed by atoms with Crippen LogP contribution in [0.5, 0.6) is 0 Å². The van der Waals surface area contributed by atoms with E-state index in [1.54, 1.807) is 0 Å². The second kappa shape index (κ2) is 8.69. The number of hydrogen-bond donors (Lipinski definition) is 1. The highest BCUT2D eigenvalue weighted by Crippen LogP contribution is 2.20. The first-order valence-corrected chi connectivity index (χ1v) is 6.00. The summed E-state index contributed by atoms with van der Waals surface area (Å²) in [5, 5.41) is 8.54. The lowest BCUT2D eigenvalue weighted by molar-refractivity contribution is -0.145. The summed E-state index contributed by atoms with van der Waals surface area (Å²) in [5.74, 6) is -1.14. The molecule has 2 atom stereocenters. The molecule has 0 aromatic carbocycles. The zero-order valence-corrected chi connectivity index (χ0v) is 11.3. The van der Waals surface area contributed by atoms with Crippen molar-refractivity contribution >= 4 is 11.9 Å². The lowest BCUT2D eigenvalue weighted by Crippen LogP contribution is -2.24. The third-order valence-electron chi connectivity index (χ3n) is 2.69. The summed E-state index contributed by atoms with van der Waals surface area (Å²) >= 11 is 0. The van der Waals surface area contributed by atoms with Crippen LogP contribution in [0.15, 0.2) is 12.2 Å². The van der Waals surface area contributed by atoms with Crippen LogP contribution >= 0.6 is 0 Å². The van der Waals surface area contributed by atoms with Gasteiger partial charge in [0.25, 0.3) is 0 Å². The van der Waals surface area contributed by atoms with E-state index in [2.05, 4.69) is 6.58 Å². The molecule has 0 bridgehead atoms. The third-order valence-corrected chi connectivity index (χ3v) is 2.69. The molecule has 0 radical (unpaired) electrons. The monoisotopic (exact) mass is 258 g/mol. The van der Waals surface area contributed by atoms with Gasteiger partial charge in [0.2, 0.25) is 0 Å². The summed E-state index contributed by atoms with van der Waals surface area (Å²) in [6.45, 7) is 8.95. The van der Waals surface area contributed by atoms with Crippen LogP contribution in [0.4, 0.5) is 0 Å². The average molecular weight is 258 g/mol. The highest BCUT2D eigenvalue weighted by Gasteiger charge is 2.18. The zero-order chi connectivity index (χ0) is 14.1. The number of esters is 1. The van der Waals surface area contributed by atoms with Gasteiger partial charge in [-0.2, -0.15) is 0 Å². The number of rotatable bonds is 9. The minimum Gasteiger partial charge on any atom is -0.480 e. The van der Waals surface area contributed by atoms with Crippen LogP contribution in [-0.4, -0.2) is 36.4 Å². The molecule has 0 aliphatic carbocycles. The number of carbonyl (C=O) groups is 2. The number of carboxylic acids is 1. The minimum atomic E-state index is -0.976. The van der Waals surface area contributed by atoms with E-state index < -0.39 is 5.97 Å². The second-order valence-corrected chi connectivity index (χ2v) is 4.31. The molecule has 0 aromatic heterocycles. The van der Waals surface area contributed by atoms with Crippen molar-refractivity contribution in [2.75, 3.05) is 13.2 Å². The van der Waals surface area contributed by atoms with E-state index in [4.69, 9.17) is 14.6 Å². The van der Waals surface area contributed by atoms with Crippen molar-refractivity contribution in [3.63, 3.8) is 0 Å². The first-order valence-electron chi connectivity index (χ1n) is 6.00. The van der Waals surface area contributed by atoms with Crippen LogP contribution in [0.3, 0.4) is 0 Å². The Hall–Kier alpha value is -1.36. The van der Waals surface area contributed by atoms with Crippen molar-refractivity contribution in [2.24, 2.45) is 5.92 Å². The van der Waals surface area contributed by atoms with Crippen LogP contribution in [0.1, 0.15) is 33.6 Å². The molecular weight excluding hydrogens is 236 g/mol. The quantitative estimate of drug-likeness (QED) is 0.506. The van der Waals surface area contributed by atoms with E-state index in [0.29, 0.717) is 6.42 Å². The summed E-state index contributed by atoms with van der Waals surface area (Å²) < 4.78 is 10.1. The molecule has 1 N–H and O–H groups in total. The van der Waals surface area contributed by atoms with Crippen molar-refractivity contribution < 1.29 is 24.2 Å². The number of ether oxygens (including phenoxy) is 2. The van der Waals surface area contributed by atoms with Crippen LogP contribution in [0.2, 0.25) is 0 Å². The van der Waals surface area contributed by atoms with Gasteiger partial charge in [-0.3, -0.25) is 4.79 Å². The molecule has 0 aromatic rings. The topological polar surface area (TPSA) is 72.8 Å². The van der Waals surface area contributed by atoms with Gasteiger partial charge in [-0.1, -0.05) is 19.9 Å². The van der Waals surface area contributed by atoms with Crippen LogP contribution in [0, 0.1) is 5.92 Å². The molecule has 0 amide bonds. The molecule has 0 saturated carbocycles. The summed E-state index contributed by atoms with van der Waals surface area (Å²) in [4.78, 5) is 21.1. The second-order valence-electron chi connectivity index (χ2n) is 4.31. The van der Waals surface area contributed by atoms with Gasteiger partial charge >= 0.3 is 11.9 Å². The maximum atomic E-state index is 10.7. The Morgan fingerprint density at radius 1 is 1.33 bits per heavy atom. The predicted molar refractivity (Wildman–Crippen MR) is 67.2 cm³/mol. The molecule has 18 heavy (non-hydrogen) atoms. The summed E-state index contributed by atoms with van der Waals surface area (Å²) in [6.07, 6.45) is 1.34. The van der Waals surface area contributed by atoms with Crippen molar-refractivity contribution in [1.29, 1.82) is 0 Å². The maximum absolute atomic E-state index is 10.7. The van der Waals surface area contributed by atoms with Gasteiger partial charge in [0, 0.05) is 6.92 Å². The minimum absolute atomic E-state index is 0.167. The van der Waals surface area contributed by atoms with Crippen molar-refractivity contribution in [1.82, 2.24) is 0 Å². The van der Waals surface area contributed by atoms with E-state index in [1.807, 2.05) is 13.8 Å². The fraction of sp³-hybridized carbons (Fsp3) is 0.692. The van der Waals surface area contributed by atoms with Gasteiger partial charge in [0.05, 0.1) is 6.10 Å².